The van der Waals surface area contributed by atoms with Crippen molar-refractivity contribution in [2.24, 2.45) is 7.05 Å². The number of carboxylic acids is 1. The van der Waals surface area contributed by atoms with Gasteiger partial charge < -0.3 is 19.3 Å². The molecule has 0 aliphatic carbocycles. The van der Waals surface area contributed by atoms with Crippen LogP contribution in [0.4, 0.5) is 18.0 Å². The van der Waals surface area contributed by atoms with Crippen LogP contribution in [0.25, 0.3) is 0 Å². The molecule has 0 unspecified atom stereocenters. The van der Waals surface area contributed by atoms with Gasteiger partial charge in [-0.15, -0.1) is 23.0 Å². The molecule has 0 aliphatic rings. The number of methoxy groups -OCH3 is 2. The van der Waals surface area contributed by atoms with Crippen molar-refractivity contribution in [3.63, 3.8) is 0 Å². The minimum absolute atomic E-state index is 0.0849. The molecule has 3 aromatic rings. The third-order valence-electron chi connectivity index (χ3n) is 4.38. The number of ether oxygens (including phenoxy) is 3. The fourth-order valence-electron chi connectivity index (χ4n) is 2.76. The Morgan fingerprint density at radius 3 is 2.13 bits per heavy atom. The number of carbonyl (C=O) groups excluding carboxylic acids is 1. The van der Waals surface area contributed by atoms with E-state index in [4.69, 9.17) is 37.8 Å². The molecule has 0 radical (unpaired) electrons. The van der Waals surface area contributed by atoms with Gasteiger partial charge in [-0.25, -0.2) is 32.1 Å². The number of rotatable bonds is 6. The predicted octanol–water partition coefficient (Wildman–Crippen LogP) is 3.14. The third kappa shape index (κ3) is 7.55. The molecule has 13 nitrogen and oxygen atoms in total. The SMILES string of the molecule is COc1c(Cl)ccc(Cl)c1C(=O)O.COc1nn(C(=O)NS(=O)(=O)c2ccccc2OC(F)(F)F)c(=O)n1C. The quantitative estimate of drug-likeness (QED) is 0.419. The summed E-state index contributed by atoms with van der Waals surface area (Å²) in [6.45, 7) is 0. The number of carbonyl (C=O) groups is 2. The van der Waals surface area contributed by atoms with Crippen LogP contribution in [0.3, 0.4) is 0 Å². The Labute approximate surface area is 227 Å². The molecule has 39 heavy (non-hydrogen) atoms. The lowest BCUT2D eigenvalue weighted by Crippen LogP contribution is -2.40. The molecule has 212 valence electrons. The molecule has 0 atom stereocenters. The molecule has 0 spiro atoms. The molecule has 0 fully saturated rings. The summed E-state index contributed by atoms with van der Waals surface area (Å²) in [6.07, 6.45) is -5.15. The number of halogens is 5. The third-order valence-corrected chi connectivity index (χ3v) is 6.35. The Bertz CT molecular complexity index is 1560. The topological polar surface area (TPSA) is 168 Å². The van der Waals surface area contributed by atoms with Crippen LogP contribution in [0, 0.1) is 0 Å². The Morgan fingerprint density at radius 2 is 1.64 bits per heavy atom. The molecule has 0 saturated heterocycles. The fraction of sp³-hybridized carbons (Fsp3) is 0.200. The lowest BCUT2D eigenvalue weighted by molar-refractivity contribution is -0.275. The molecular formula is C20H17Cl2F3N4O9S. The minimum atomic E-state index is -5.15. The Kier molecular flexibility index (Phi) is 9.83. The maximum Gasteiger partial charge on any atom is 0.573 e. The molecule has 1 heterocycles. The summed E-state index contributed by atoms with van der Waals surface area (Å²) in [4.78, 5) is 33.6. The van der Waals surface area contributed by atoms with Crippen molar-refractivity contribution in [2.75, 3.05) is 14.2 Å². The minimum Gasteiger partial charge on any atom is -0.494 e. The highest BCUT2D eigenvalue weighted by molar-refractivity contribution is 7.90. The van der Waals surface area contributed by atoms with E-state index >= 15 is 0 Å². The van der Waals surface area contributed by atoms with E-state index in [0.29, 0.717) is 0 Å². The summed E-state index contributed by atoms with van der Waals surface area (Å²) < 4.78 is 77.2. The normalized spacial score (nSPS) is 11.2. The second kappa shape index (κ2) is 12.3. The number of carboxylic acid groups (broad SMARTS) is 1. The smallest absolute Gasteiger partial charge is 0.494 e. The van der Waals surface area contributed by atoms with Crippen molar-refractivity contribution in [3.8, 4) is 17.5 Å². The van der Waals surface area contributed by atoms with Gasteiger partial charge in [0.2, 0.25) is 0 Å². The average Bonchev–Trinajstić information content (AvgIpc) is 3.13. The van der Waals surface area contributed by atoms with Gasteiger partial charge in [0.05, 0.1) is 24.3 Å². The van der Waals surface area contributed by atoms with Crippen LogP contribution < -0.4 is 24.6 Å². The summed E-state index contributed by atoms with van der Waals surface area (Å²) in [5.41, 5.74) is -1.15. The zero-order valence-corrected chi connectivity index (χ0v) is 22.1. The van der Waals surface area contributed by atoms with E-state index in [2.05, 4.69) is 9.84 Å². The van der Waals surface area contributed by atoms with Crippen LogP contribution in [0.15, 0.2) is 46.1 Å². The summed E-state index contributed by atoms with van der Waals surface area (Å²) in [5.74, 6) is -2.13. The monoisotopic (exact) mass is 616 g/mol. The number of hydrogen-bond acceptors (Lipinski definition) is 9. The number of nitrogens with zero attached hydrogens (tertiary/aromatic N) is 3. The van der Waals surface area contributed by atoms with Gasteiger partial charge in [-0.1, -0.05) is 35.3 Å². The van der Waals surface area contributed by atoms with Crippen molar-refractivity contribution >= 4 is 45.2 Å². The molecule has 1 amide bonds. The molecule has 3 rings (SSSR count). The van der Waals surface area contributed by atoms with Gasteiger partial charge in [0.15, 0.2) is 5.75 Å². The average molecular weight is 617 g/mol. The van der Waals surface area contributed by atoms with Gasteiger partial charge in [0, 0.05) is 7.05 Å². The largest absolute Gasteiger partial charge is 0.573 e. The Hall–Kier alpha value is -3.96. The summed E-state index contributed by atoms with van der Waals surface area (Å²) in [6, 6.07) is 4.86. The number of para-hydroxylation sites is 1. The number of nitrogens with one attached hydrogen (secondary N) is 1. The van der Waals surface area contributed by atoms with E-state index in [1.54, 1.807) is 0 Å². The summed E-state index contributed by atoms with van der Waals surface area (Å²) in [7, 11) is -1.11. The van der Waals surface area contributed by atoms with E-state index in [1.807, 2.05) is 0 Å². The van der Waals surface area contributed by atoms with E-state index in [0.717, 1.165) is 35.9 Å². The Morgan fingerprint density at radius 1 is 1.05 bits per heavy atom. The zero-order chi connectivity index (χ0) is 29.7. The second-order valence-electron chi connectivity index (χ2n) is 6.89. The first-order valence-corrected chi connectivity index (χ1v) is 12.1. The van der Waals surface area contributed by atoms with E-state index in [9.17, 15) is 36.0 Å². The van der Waals surface area contributed by atoms with Crippen LogP contribution in [0.2, 0.25) is 10.0 Å². The molecule has 1 aromatic heterocycles. The van der Waals surface area contributed by atoms with Crippen molar-refractivity contribution < 1.29 is 50.5 Å². The van der Waals surface area contributed by atoms with Gasteiger partial charge in [0.25, 0.3) is 10.0 Å². The highest BCUT2D eigenvalue weighted by Crippen LogP contribution is 2.33. The first kappa shape index (κ1) is 31.3. The number of alkyl halides is 3. The number of benzene rings is 2. The molecule has 0 bridgehead atoms. The first-order valence-electron chi connectivity index (χ1n) is 9.91. The van der Waals surface area contributed by atoms with Gasteiger partial charge in [-0.2, -0.15) is 0 Å². The molecule has 0 saturated carbocycles. The number of hydrogen-bond donors (Lipinski definition) is 2. The maximum absolute atomic E-state index is 12.4. The van der Waals surface area contributed by atoms with Crippen LogP contribution in [-0.4, -0.2) is 60.5 Å². The van der Waals surface area contributed by atoms with E-state index in [-0.39, 0.29) is 32.1 Å². The summed E-state index contributed by atoms with van der Waals surface area (Å²) >= 11 is 11.4. The molecule has 2 aromatic carbocycles. The van der Waals surface area contributed by atoms with Crippen molar-refractivity contribution in [1.82, 2.24) is 19.1 Å². The summed E-state index contributed by atoms with van der Waals surface area (Å²) in [5, 5.41) is 12.6. The molecule has 0 aliphatic heterocycles. The van der Waals surface area contributed by atoms with Gasteiger partial charge >= 0.3 is 30.1 Å². The van der Waals surface area contributed by atoms with Crippen molar-refractivity contribution in [2.45, 2.75) is 11.3 Å². The van der Waals surface area contributed by atoms with E-state index in [1.165, 1.54) is 31.0 Å². The lowest BCUT2D eigenvalue weighted by atomic mass is 10.2. The number of amides is 1. The Balaban J connectivity index is 0.000000344. The molecule has 19 heteroatoms. The van der Waals surface area contributed by atoms with Crippen LogP contribution in [-0.2, 0) is 17.1 Å². The number of sulfonamides is 1. The number of aromatic nitrogens is 3. The van der Waals surface area contributed by atoms with Gasteiger partial charge in [-0.05, 0) is 24.3 Å². The standard InChI is InChI=1S/C12H11F3N4O6S.C8H6Cl2O3/c1-18-10(24-2)16-19(11(18)21)9(20)17-26(22,23)8-6-4-3-5-7(8)25-12(13,14)15;1-13-7-5(10)3-2-4(9)6(7)8(11)12/h3-6H,1-2H3,(H,17,20);2-3H,1H3,(H,11,12). The van der Waals surface area contributed by atoms with Crippen molar-refractivity contribution in [1.29, 1.82) is 0 Å². The van der Waals surface area contributed by atoms with Crippen LogP contribution >= 0.6 is 23.2 Å². The zero-order valence-electron chi connectivity index (χ0n) is 19.8. The van der Waals surface area contributed by atoms with Crippen LogP contribution in [0.5, 0.6) is 17.5 Å². The highest BCUT2D eigenvalue weighted by atomic mass is 35.5. The second-order valence-corrected chi connectivity index (χ2v) is 9.35. The lowest BCUT2D eigenvalue weighted by Gasteiger charge is -2.13. The van der Waals surface area contributed by atoms with Crippen molar-refractivity contribution in [3.05, 3.63) is 62.5 Å². The predicted molar refractivity (Wildman–Crippen MR) is 128 cm³/mol. The first-order chi connectivity index (χ1) is 18.0. The molecule has 2 N–H and O–H groups in total. The van der Waals surface area contributed by atoms with Gasteiger partial charge in [-0.3, -0.25) is 0 Å². The van der Waals surface area contributed by atoms with E-state index < -0.39 is 44.7 Å². The number of aromatic carboxylic acids is 1. The fourth-order valence-corrected chi connectivity index (χ4v) is 4.28. The van der Waals surface area contributed by atoms with Crippen LogP contribution in [0.1, 0.15) is 10.4 Å². The molecular weight excluding hydrogens is 600 g/mol. The van der Waals surface area contributed by atoms with Gasteiger partial charge in [0.1, 0.15) is 16.2 Å². The maximum atomic E-state index is 12.4. The highest BCUT2D eigenvalue weighted by Gasteiger charge is 2.34.